The summed E-state index contributed by atoms with van der Waals surface area (Å²) in [5.41, 5.74) is 2.09. The molecule has 0 N–H and O–H groups in total. The van der Waals surface area contributed by atoms with Gasteiger partial charge in [0.2, 0.25) is 0 Å². The van der Waals surface area contributed by atoms with E-state index in [2.05, 4.69) is 4.90 Å². The second kappa shape index (κ2) is 10.1. The first-order valence-corrected chi connectivity index (χ1v) is 9.54. The molecule has 1 aliphatic heterocycles. The molecular weight excluding hydrogens is 340 g/mol. The van der Waals surface area contributed by atoms with Crippen molar-refractivity contribution in [1.82, 2.24) is 9.80 Å². The Morgan fingerprint density at radius 1 is 0.963 bits per heavy atom. The highest BCUT2D eigenvalue weighted by atomic mass is 16.5. The zero-order valence-corrected chi connectivity index (χ0v) is 16.0. The van der Waals surface area contributed by atoms with E-state index in [1.807, 2.05) is 59.5 Å². The molecule has 0 aliphatic carbocycles. The zero-order valence-electron chi connectivity index (χ0n) is 16.0. The van der Waals surface area contributed by atoms with Crippen LogP contribution in [0.3, 0.4) is 0 Å². The molecule has 0 spiro atoms. The Bertz CT molecular complexity index is 721. The number of carbonyl (C=O) groups is 1. The van der Waals surface area contributed by atoms with Crippen LogP contribution in [0.2, 0.25) is 0 Å². The Morgan fingerprint density at radius 2 is 1.74 bits per heavy atom. The van der Waals surface area contributed by atoms with E-state index in [9.17, 15) is 4.79 Å². The first kappa shape index (κ1) is 19.4. The van der Waals surface area contributed by atoms with Gasteiger partial charge in [0.1, 0.15) is 5.75 Å². The van der Waals surface area contributed by atoms with E-state index in [1.165, 1.54) is 0 Å². The number of para-hydroxylation sites is 1. The number of benzene rings is 2. The molecule has 1 amide bonds. The van der Waals surface area contributed by atoms with Crippen LogP contribution in [0.1, 0.15) is 6.42 Å². The van der Waals surface area contributed by atoms with Crippen LogP contribution in [0.25, 0.3) is 11.1 Å². The van der Waals surface area contributed by atoms with Gasteiger partial charge in [0.05, 0.1) is 6.61 Å². The predicted molar refractivity (Wildman–Crippen MR) is 107 cm³/mol. The molecule has 0 aromatic heterocycles. The standard InChI is InChI=1S/C22H28N2O3/c1-26-17-16-23-12-7-13-24(15-14-23)22(25)18-27-21-11-6-5-10-20(21)19-8-3-2-4-9-19/h2-6,8-11H,7,12-18H2,1H3. The van der Waals surface area contributed by atoms with Gasteiger partial charge < -0.3 is 14.4 Å². The monoisotopic (exact) mass is 368 g/mol. The zero-order chi connectivity index (χ0) is 18.9. The van der Waals surface area contributed by atoms with Crippen molar-refractivity contribution in [3.63, 3.8) is 0 Å². The van der Waals surface area contributed by atoms with Crippen molar-refractivity contribution >= 4 is 5.91 Å². The minimum atomic E-state index is 0.0476. The van der Waals surface area contributed by atoms with Gasteiger partial charge in [-0.2, -0.15) is 0 Å². The molecule has 1 saturated heterocycles. The van der Waals surface area contributed by atoms with E-state index in [0.717, 1.165) is 62.6 Å². The van der Waals surface area contributed by atoms with Crippen LogP contribution in [-0.4, -0.2) is 68.8 Å². The van der Waals surface area contributed by atoms with Crippen molar-refractivity contribution in [3.05, 3.63) is 54.6 Å². The predicted octanol–water partition coefficient (Wildman–Crippen LogP) is 2.91. The lowest BCUT2D eigenvalue weighted by Gasteiger charge is -2.22. The van der Waals surface area contributed by atoms with E-state index in [0.29, 0.717) is 0 Å². The SMILES string of the molecule is COCCN1CCCN(C(=O)COc2ccccc2-c2ccccc2)CC1. The van der Waals surface area contributed by atoms with Crippen molar-refractivity contribution in [2.45, 2.75) is 6.42 Å². The quantitative estimate of drug-likeness (QED) is 0.754. The Morgan fingerprint density at radius 3 is 2.56 bits per heavy atom. The van der Waals surface area contributed by atoms with Gasteiger partial charge in [0.25, 0.3) is 5.91 Å². The van der Waals surface area contributed by atoms with Gasteiger partial charge in [0, 0.05) is 38.9 Å². The number of amides is 1. The molecule has 2 aromatic carbocycles. The fraction of sp³-hybridized carbons (Fsp3) is 0.409. The summed E-state index contributed by atoms with van der Waals surface area (Å²) in [5.74, 6) is 0.792. The third-order valence-corrected chi connectivity index (χ3v) is 4.88. The summed E-state index contributed by atoms with van der Waals surface area (Å²) in [7, 11) is 1.72. The van der Waals surface area contributed by atoms with Crippen molar-refractivity contribution in [2.75, 3.05) is 53.0 Å². The van der Waals surface area contributed by atoms with E-state index in [-0.39, 0.29) is 12.5 Å². The second-order valence-electron chi connectivity index (χ2n) is 6.72. The van der Waals surface area contributed by atoms with Crippen LogP contribution < -0.4 is 4.74 Å². The number of hydrogen-bond acceptors (Lipinski definition) is 4. The van der Waals surface area contributed by atoms with E-state index < -0.39 is 0 Å². The maximum Gasteiger partial charge on any atom is 0.260 e. The highest BCUT2D eigenvalue weighted by Crippen LogP contribution is 2.29. The molecule has 0 atom stereocenters. The molecule has 0 bridgehead atoms. The summed E-state index contributed by atoms with van der Waals surface area (Å²) >= 11 is 0. The summed E-state index contributed by atoms with van der Waals surface area (Å²) < 4.78 is 11.1. The van der Waals surface area contributed by atoms with E-state index in [4.69, 9.17) is 9.47 Å². The molecule has 0 radical (unpaired) electrons. The first-order valence-electron chi connectivity index (χ1n) is 9.54. The number of rotatable bonds is 7. The van der Waals surface area contributed by atoms with Crippen molar-refractivity contribution in [1.29, 1.82) is 0 Å². The molecule has 2 aromatic rings. The van der Waals surface area contributed by atoms with E-state index in [1.54, 1.807) is 7.11 Å². The van der Waals surface area contributed by atoms with Crippen LogP contribution >= 0.6 is 0 Å². The Balaban J connectivity index is 1.57. The number of hydrogen-bond donors (Lipinski definition) is 0. The van der Waals surface area contributed by atoms with Crippen LogP contribution in [0.4, 0.5) is 0 Å². The molecule has 1 aliphatic rings. The van der Waals surface area contributed by atoms with Gasteiger partial charge in [0.15, 0.2) is 6.61 Å². The molecule has 1 fully saturated rings. The van der Waals surface area contributed by atoms with Gasteiger partial charge in [-0.25, -0.2) is 0 Å². The average molecular weight is 368 g/mol. The number of nitrogens with zero attached hydrogens (tertiary/aromatic N) is 2. The highest BCUT2D eigenvalue weighted by molar-refractivity contribution is 5.78. The third kappa shape index (κ3) is 5.55. The molecule has 0 saturated carbocycles. The molecule has 1 heterocycles. The summed E-state index contributed by atoms with van der Waals surface area (Å²) in [4.78, 5) is 16.9. The number of methoxy groups -OCH3 is 1. The second-order valence-corrected chi connectivity index (χ2v) is 6.72. The lowest BCUT2D eigenvalue weighted by molar-refractivity contribution is -0.133. The van der Waals surface area contributed by atoms with Crippen LogP contribution in [0, 0.1) is 0 Å². The molecule has 0 unspecified atom stereocenters. The molecule has 5 heteroatoms. The molecule has 144 valence electrons. The fourth-order valence-electron chi connectivity index (χ4n) is 3.34. The maximum absolute atomic E-state index is 12.7. The molecule has 3 rings (SSSR count). The maximum atomic E-state index is 12.7. The van der Waals surface area contributed by atoms with Crippen molar-refractivity contribution < 1.29 is 14.3 Å². The first-order chi connectivity index (χ1) is 13.3. The summed E-state index contributed by atoms with van der Waals surface area (Å²) in [6, 6.07) is 18.0. The third-order valence-electron chi connectivity index (χ3n) is 4.88. The summed E-state index contributed by atoms with van der Waals surface area (Å²) in [5, 5.41) is 0. The minimum absolute atomic E-state index is 0.0476. The average Bonchev–Trinajstić information content (AvgIpc) is 2.97. The van der Waals surface area contributed by atoms with Gasteiger partial charge in [-0.3, -0.25) is 9.69 Å². The topological polar surface area (TPSA) is 42.0 Å². The van der Waals surface area contributed by atoms with Crippen molar-refractivity contribution in [2.24, 2.45) is 0 Å². The molecular formula is C22H28N2O3. The van der Waals surface area contributed by atoms with Crippen LogP contribution in [0.5, 0.6) is 5.75 Å². The van der Waals surface area contributed by atoms with Gasteiger partial charge in [-0.15, -0.1) is 0 Å². The lowest BCUT2D eigenvalue weighted by Crippen LogP contribution is -2.38. The van der Waals surface area contributed by atoms with Crippen LogP contribution in [0.15, 0.2) is 54.6 Å². The molecule has 27 heavy (non-hydrogen) atoms. The molecule has 5 nitrogen and oxygen atoms in total. The normalized spacial score (nSPS) is 15.4. The highest BCUT2D eigenvalue weighted by Gasteiger charge is 2.19. The Labute approximate surface area is 161 Å². The lowest BCUT2D eigenvalue weighted by atomic mass is 10.1. The minimum Gasteiger partial charge on any atom is -0.483 e. The summed E-state index contributed by atoms with van der Waals surface area (Å²) in [6.45, 7) is 5.13. The van der Waals surface area contributed by atoms with Crippen molar-refractivity contribution in [3.8, 4) is 16.9 Å². The Hall–Kier alpha value is -2.37. The largest absolute Gasteiger partial charge is 0.483 e. The smallest absolute Gasteiger partial charge is 0.260 e. The van der Waals surface area contributed by atoms with Gasteiger partial charge in [-0.1, -0.05) is 48.5 Å². The van der Waals surface area contributed by atoms with Gasteiger partial charge in [-0.05, 0) is 24.6 Å². The fourth-order valence-corrected chi connectivity index (χ4v) is 3.34. The number of carbonyl (C=O) groups excluding carboxylic acids is 1. The number of ether oxygens (including phenoxy) is 2. The van der Waals surface area contributed by atoms with Gasteiger partial charge >= 0.3 is 0 Å². The van der Waals surface area contributed by atoms with Crippen LogP contribution in [-0.2, 0) is 9.53 Å². The Kier molecular flexibility index (Phi) is 7.25. The van der Waals surface area contributed by atoms with E-state index >= 15 is 0 Å². The summed E-state index contributed by atoms with van der Waals surface area (Å²) in [6.07, 6.45) is 0.982.